The second-order valence-corrected chi connectivity index (χ2v) is 7.14. The molecule has 21 heavy (non-hydrogen) atoms. The van der Waals surface area contributed by atoms with Gasteiger partial charge in [-0.25, -0.2) is 4.79 Å². The molecule has 1 aliphatic rings. The molecule has 1 saturated carbocycles. The van der Waals surface area contributed by atoms with E-state index < -0.39 is 0 Å². The van der Waals surface area contributed by atoms with Crippen LogP contribution in [0.4, 0.5) is 0 Å². The van der Waals surface area contributed by atoms with Gasteiger partial charge < -0.3 is 4.42 Å². The fraction of sp³-hybridized carbons (Fsp3) is 0.588. The number of aromatic nitrogens is 1. The Balaban J connectivity index is 1.75. The lowest BCUT2D eigenvalue weighted by atomic mass is 9.98. The van der Waals surface area contributed by atoms with Crippen molar-refractivity contribution in [2.75, 3.05) is 0 Å². The molecule has 1 fully saturated rings. The summed E-state index contributed by atoms with van der Waals surface area (Å²) in [6.45, 7) is 2.60. The molecule has 1 atom stereocenters. The molecule has 0 N–H and O–H groups in total. The van der Waals surface area contributed by atoms with E-state index in [2.05, 4.69) is 22.0 Å². The third-order valence-electron chi connectivity index (χ3n) is 4.67. The summed E-state index contributed by atoms with van der Waals surface area (Å²) in [7, 11) is 0. The van der Waals surface area contributed by atoms with Crippen molar-refractivity contribution in [3.63, 3.8) is 0 Å². The molecule has 0 radical (unpaired) electrons. The van der Waals surface area contributed by atoms with Crippen LogP contribution in [0.15, 0.2) is 27.4 Å². The van der Waals surface area contributed by atoms with Crippen LogP contribution >= 0.6 is 15.9 Å². The van der Waals surface area contributed by atoms with Crippen molar-refractivity contribution in [2.45, 2.75) is 56.8 Å². The van der Waals surface area contributed by atoms with E-state index in [9.17, 15) is 4.79 Å². The minimum Gasteiger partial charge on any atom is -0.408 e. The molecule has 0 aliphatic heterocycles. The Bertz CT molecular complexity index is 667. The van der Waals surface area contributed by atoms with Gasteiger partial charge in [0.15, 0.2) is 5.58 Å². The summed E-state index contributed by atoms with van der Waals surface area (Å²) < 4.78 is 7.01. The van der Waals surface area contributed by atoms with Gasteiger partial charge in [0, 0.05) is 11.4 Å². The van der Waals surface area contributed by atoms with Crippen molar-refractivity contribution in [1.82, 2.24) is 4.57 Å². The molecule has 0 bridgehead atoms. The SMILES string of the molecule is CCn1c(=O)oc2cc(C(Br)CCC3CCCC3)ccc21. The van der Waals surface area contributed by atoms with E-state index >= 15 is 0 Å². The number of rotatable bonds is 5. The first-order chi connectivity index (χ1) is 10.2. The number of hydrogen-bond donors (Lipinski definition) is 0. The van der Waals surface area contributed by atoms with Crippen LogP contribution in [0.5, 0.6) is 0 Å². The zero-order chi connectivity index (χ0) is 14.8. The summed E-state index contributed by atoms with van der Waals surface area (Å²) in [5, 5.41) is 0. The van der Waals surface area contributed by atoms with E-state index in [1.165, 1.54) is 37.7 Å². The zero-order valence-corrected chi connectivity index (χ0v) is 14.1. The first kappa shape index (κ1) is 14.9. The normalized spacial score (nSPS) is 17.6. The van der Waals surface area contributed by atoms with Gasteiger partial charge in [-0.1, -0.05) is 47.7 Å². The van der Waals surface area contributed by atoms with Gasteiger partial charge in [0.05, 0.1) is 5.52 Å². The highest BCUT2D eigenvalue weighted by molar-refractivity contribution is 9.09. The lowest BCUT2D eigenvalue weighted by molar-refractivity contribution is 0.482. The van der Waals surface area contributed by atoms with Gasteiger partial charge in [0.1, 0.15) is 0 Å². The van der Waals surface area contributed by atoms with E-state index in [1.54, 1.807) is 4.57 Å². The Hall–Kier alpha value is -1.03. The predicted molar refractivity (Wildman–Crippen MR) is 89.0 cm³/mol. The number of benzene rings is 1. The molecule has 2 aromatic rings. The quantitative estimate of drug-likeness (QED) is 0.708. The summed E-state index contributed by atoms with van der Waals surface area (Å²) in [6.07, 6.45) is 8.03. The van der Waals surface area contributed by atoms with E-state index in [-0.39, 0.29) is 5.76 Å². The molecule has 0 amide bonds. The van der Waals surface area contributed by atoms with Crippen molar-refractivity contribution in [3.05, 3.63) is 34.3 Å². The van der Waals surface area contributed by atoms with Crippen LogP contribution in [-0.2, 0) is 6.54 Å². The number of nitrogens with zero attached hydrogens (tertiary/aromatic N) is 1. The van der Waals surface area contributed by atoms with Crippen molar-refractivity contribution in [2.24, 2.45) is 5.92 Å². The summed E-state index contributed by atoms with van der Waals surface area (Å²) >= 11 is 3.79. The Morgan fingerprint density at radius 3 is 2.86 bits per heavy atom. The van der Waals surface area contributed by atoms with Gasteiger partial charge in [0.25, 0.3) is 0 Å². The molecule has 1 aromatic heterocycles. The maximum Gasteiger partial charge on any atom is 0.419 e. The van der Waals surface area contributed by atoms with Crippen LogP contribution in [0.1, 0.15) is 55.8 Å². The summed E-state index contributed by atoms with van der Waals surface area (Å²) in [5.41, 5.74) is 2.80. The van der Waals surface area contributed by atoms with E-state index in [0.29, 0.717) is 17.0 Å². The fourth-order valence-electron chi connectivity index (χ4n) is 3.42. The minimum atomic E-state index is -0.262. The fourth-order valence-corrected chi connectivity index (χ4v) is 3.97. The van der Waals surface area contributed by atoms with Crippen molar-refractivity contribution in [1.29, 1.82) is 0 Å². The lowest BCUT2D eigenvalue weighted by Gasteiger charge is -2.13. The maximum atomic E-state index is 11.7. The highest BCUT2D eigenvalue weighted by atomic mass is 79.9. The molecule has 114 valence electrons. The predicted octanol–water partition coefficient (Wildman–Crippen LogP) is 5.02. The molecule has 3 rings (SSSR count). The maximum absolute atomic E-state index is 11.7. The topological polar surface area (TPSA) is 35.1 Å². The molecule has 4 heteroatoms. The second-order valence-electron chi connectivity index (χ2n) is 6.03. The van der Waals surface area contributed by atoms with Crippen LogP contribution in [0.3, 0.4) is 0 Å². The van der Waals surface area contributed by atoms with E-state index in [0.717, 1.165) is 17.9 Å². The summed E-state index contributed by atoms with van der Waals surface area (Å²) in [4.78, 5) is 12.1. The first-order valence-corrected chi connectivity index (χ1v) is 8.88. The van der Waals surface area contributed by atoms with Gasteiger partial charge in [0.2, 0.25) is 0 Å². The molecule has 3 nitrogen and oxygen atoms in total. The third-order valence-corrected chi connectivity index (χ3v) is 5.66. The molecule has 1 heterocycles. The van der Waals surface area contributed by atoms with Crippen LogP contribution in [0, 0.1) is 5.92 Å². The average molecular weight is 352 g/mol. The average Bonchev–Trinajstić information content (AvgIpc) is 3.10. The van der Waals surface area contributed by atoms with Crippen molar-refractivity contribution < 1.29 is 4.42 Å². The van der Waals surface area contributed by atoms with E-state index in [4.69, 9.17) is 4.42 Å². The Kier molecular flexibility index (Phi) is 4.53. The molecule has 1 unspecified atom stereocenters. The van der Waals surface area contributed by atoms with Gasteiger partial charge in [-0.2, -0.15) is 0 Å². The van der Waals surface area contributed by atoms with Crippen LogP contribution < -0.4 is 5.76 Å². The van der Waals surface area contributed by atoms with Gasteiger partial charge in [-0.3, -0.25) is 4.57 Å². The smallest absolute Gasteiger partial charge is 0.408 e. The largest absolute Gasteiger partial charge is 0.419 e. The van der Waals surface area contributed by atoms with Crippen molar-refractivity contribution >= 4 is 27.0 Å². The number of hydrogen-bond acceptors (Lipinski definition) is 2. The van der Waals surface area contributed by atoms with Crippen LogP contribution in [-0.4, -0.2) is 4.57 Å². The molecule has 0 saturated heterocycles. The number of fused-ring (bicyclic) bond motifs is 1. The van der Waals surface area contributed by atoms with Crippen LogP contribution in [0.25, 0.3) is 11.1 Å². The molecule has 1 aliphatic carbocycles. The van der Waals surface area contributed by atoms with Crippen molar-refractivity contribution in [3.8, 4) is 0 Å². The monoisotopic (exact) mass is 351 g/mol. The second kappa shape index (κ2) is 6.39. The summed E-state index contributed by atoms with van der Waals surface area (Å²) in [6, 6.07) is 6.12. The van der Waals surface area contributed by atoms with Gasteiger partial charge >= 0.3 is 5.76 Å². The Labute approximate surface area is 133 Å². The zero-order valence-electron chi connectivity index (χ0n) is 12.5. The standard InChI is InChI=1S/C17H22BrNO2/c1-2-19-15-10-8-13(11-16(15)21-17(19)20)14(18)9-7-12-5-3-4-6-12/h8,10-12,14H,2-7,9H2,1H3. The highest BCUT2D eigenvalue weighted by Crippen LogP contribution is 2.35. The van der Waals surface area contributed by atoms with E-state index in [1.807, 2.05) is 19.1 Å². The molecule has 0 spiro atoms. The Morgan fingerprint density at radius 1 is 1.38 bits per heavy atom. The lowest BCUT2D eigenvalue weighted by Crippen LogP contribution is -2.11. The third kappa shape index (κ3) is 3.10. The number of alkyl halides is 1. The van der Waals surface area contributed by atoms with Gasteiger partial charge in [-0.15, -0.1) is 0 Å². The van der Waals surface area contributed by atoms with Crippen LogP contribution in [0.2, 0.25) is 0 Å². The minimum absolute atomic E-state index is 0.262. The number of aryl methyl sites for hydroxylation is 1. The Morgan fingerprint density at radius 2 is 2.14 bits per heavy atom. The van der Waals surface area contributed by atoms with Gasteiger partial charge in [-0.05, 0) is 43.4 Å². The first-order valence-electron chi connectivity index (χ1n) is 7.96. The number of oxazole rings is 1. The molecular formula is C17H22BrNO2. The number of halogens is 1. The highest BCUT2D eigenvalue weighted by Gasteiger charge is 2.18. The summed E-state index contributed by atoms with van der Waals surface area (Å²) in [5.74, 6) is 0.648. The molecule has 1 aromatic carbocycles. The molecular weight excluding hydrogens is 330 g/mol.